The first-order valence-electron chi connectivity index (χ1n) is 8.81. The maximum Gasteiger partial charge on any atom is 0.253 e. The van der Waals surface area contributed by atoms with E-state index in [-0.39, 0.29) is 11.8 Å². The summed E-state index contributed by atoms with van der Waals surface area (Å²) >= 11 is 0. The second-order valence-electron chi connectivity index (χ2n) is 5.88. The molecule has 0 aliphatic rings. The second-order valence-corrected chi connectivity index (χ2v) is 5.88. The molecule has 1 rings (SSSR count). The number of amides is 2. The monoisotopic (exact) mass is 318 g/mol. The first-order chi connectivity index (χ1) is 11.1. The van der Waals surface area contributed by atoms with E-state index < -0.39 is 0 Å². The number of hydrogen-bond donors (Lipinski definition) is 1. The Morgan fingerprint density at radius 3 is 2.22 bits per heavy atom. The molecule has 4 nitrogen and oxygen atoms in total. The third-order valence-corrected chi connectivity index (χ3v) is 3.72. The van der Waals surface area contributed by atoms with Gasteiger partial charge in [-0.05, 0) is 37.5 Å². The van der Waals surface area contributed by atoms with Gasteiger partial charge in [0.2, 0.25) is 5.91 Å². The SMILES string of the molecule is CCCCN(CCCC)C(=O)c1cccc(NC(=O)CCC)c1. The number of anilines is 1. The van der Waals surface area contributed by atoms with E-state index in [4.69, 9.17) is 0 Å². The van der Waals surface area contributed by atoms with Gasteiger partial charge in [-0.25, -0.2) is 0 Å². The Morgan fingerprint density at radius 2 is 1.65 bits per heavy atom. The van der Waals surface area contributed by atoms with Gasteiger partial charge >= 0.3 is 0 Å². The lowest BCUT2D eigenvalue weighted by Gasteiger charge is -2.22. The summed E-state index contributed by atoms with van der Waals surface area (Å²) in [6, 6.07) is 7.25. The van der Waals surface area contributed by atoms with Gasteiger partial charge in [0.1, 0.15) is 0 Å². The molecule has 0 aliphatic carbocycles. The van der Waals surface area contributed by atoms with Crippen LogP contribution in [0.1, 0.15) is 69.7 Å². The van der Waals surface area contributed by atoms with E-state index in [1.165, 1.54) is 0 Å². The van der Waals surface area contributed by atoms with Crippen molar-refractivity contribution in [2.24, 2.45) is 0 Å². The van der Waals surface area contributed by atoms with Crippen molar-refractivity contribution < 1.29 is 9.59 Å². The Hall–Kier alpha value is -1.84. The molecule has 0 aromatic heterocycles. The van der Waals surface area contributed by atoms with Crippen molar-refractivity contribution in [1.82, 2.24) is 4.90 Å². The quantitative estimate of drug-likeness (QED) is 0.692. The first kappa shape index (κ1) is 19.2. The average Bonchev–Trinajstić information content (AvgIpc) is 2.55. The van der Waals surface area contributed by atoms with Crippen LogP contribution in [0.15, 0.2) is 24.3 Å². The molecule has 0 saturated heterocycles. The molecule has 0 aliphatic heterocycles. The molecule has 128 valence electrons. The molecule has 0 unspecified atom stereocenters. The summed E-state index contributed by atoms with van der Waals surface area (Å²) in [5, 5.41) is 2.85. The molecule has 0 heterocycles. The van der Waals surface area contributed by atoms with E-state index in [9.17, 15) is 9.59 Å². The van der Waals surface area contributed by atoms with Crippen molar-refractivity contribution >= 4 is 17.5 Å². The summed E-state index contributed by atoms with van der Waals surface area (Å²) < 4.78 is 0. The van der Waals surface area contributed by atoms with Crippen LogP contribution in [0.4, 0.5) is 5.69 Å². The molecule has 1 aromatic carbocycles. The van der Waals surface area contributed by atoms with E-state index in [0.29, 0.717) is 17.7 Å². The van der Waals surface area contributed by atoms with Gasteiger partial charge in [0.15, 0.2) is 0 Å². The van der Waals surface area contributed by atoms with E-state index in [2.05, 4.69) is 19.2 Å². The van der Waals surface area contributed by atoms with Crippen LogP contribution in [0.3, 0.4) is 0 Å². The third-order valence-electron chi connectivity index (χ3n) is 3.72. The van der Waals surface area contributed by atoms with Gasteiger partial charge in [0.25, 0.3) is 5.91 Å². The topological polar surface area (TPSA) is 49.4 Å². The molecule has 0 radical (unpaired) electrons. The number of nitrogens with zero attached hydrogens (tertiary/aromatic N) is 1. The van der Waals surface area contributed by atoms with Gasteiger partial charge in [-0.2, -0.15) is 0 Å². The summed E-state index contributed by atoms with van der Waals surface area (Å²) in [4.78, 5) is 26.4. The van der Waals surface area contributed by atoms with Gasteiger partial charge in [-0.3, -0.25) is 9.59 Å². The fraction of sp³-hybridized carbons (Fsp3) is 0.579. The maximum atomic E-state index is 12.7. The Balaban J connectivity index is 2.80. The van der Waals surface area contributed by atoms with E-state index in [0.717, 1.165) is 45.2 Å². The highest BCUT2D eigenvalue weighted by molar-refractivity contribution is 5.97. The minimum atomic E-state index is -0.00841. The van der Waals surface area contributed by atoms with Crippen molar-refractivity contribution in [1.29, 1.82) is 0 Å². The van der Waals surface area contributed by atoms with Crippen LogP contribution >= 0.6 is 0 Å². The van der Waals surface area contributed by atoms with Crippen molar-refractivity contribution in [2.45, 2.75) is 59.3 Å². The Labute approximate surface area is 140 Å². The zero-order valence-electron chi connectivity index (χ0n) is 14.7. The zero-order chi connectivity index (χ0) is 17.1. The predicted octanol–water partition coefficient (Wildman–Crippen LogP) is 4.47. The summed E-state index contributed by atoms with van der Waals surface area (Å²) in [7, 11) is 0. The van der Waals surface area contributed by atoms with Gasteiger partial charge in [0.05, 0.1) is 0 Å². The molecule has 1 N–H and O–H groups in total. The molecular weight excluding hydrogens is 288 g/mol. The molecule has 0 spiro atoms. The van der Waals surface area contributed by atoms with Crippen molar-refractivity contribution in [3.05, 3.63) is 29.8 Å². The van der Waals surface area contributed by atoms with Crippen LogP contribution in [0.5, 0.6) is 0 Å². The molecule has 1 aromatic rings. The average molecular weight is 318 g/mol. The minimum absolute atomic E-state index is 0.00841. The number of unbranched alkanes of at least 4 members (excludes halogenated alkanes) is 2. The van der Waals surface area contributed by atoms with Crippen LogP contribution < -0.4 is 5.32 Å². The highest BCUT2D eigenvalue weighted by atomic mass is 16.2. The highest BCUT2D eigenvalue weighted by Crippen LogP contribution is 2.14. The minimum Gasteiger partial charge on any atom is -0.339 e. The number of benzene rings is 1. The van der Waals surface area contributed by atoms with Crippen molar-refractivity contribution in [2.75, 3.05) is 18.4 Å². The maximum absolute atomic E-state index is 12.7. The Bertz CT molecular complexity index is 492. The fourth-order valence-electron chi connectivity index (χ4n) is 2.38. The number of carbonyl (C=O) groups is 2. The highest BCUT2D eigenvalue weighted by Gasteiger charge is 2.15. The summed E-state index contributed by atoms with van der Waals surface area (Å²) in [6.45, 7) is 7.82. The molecule has 0 atom stereocenters. The van der Waals surface area contributed by atoms with E-state index in [1.54, 1.807) is 6.07 Å². The van der Waals surface area contributed by atoms with Crippen LogP contribution in [-0.2, 0) is 4.79 Å². The smallest absolute Gasteiger partial charge is 0.253 e. The van der Waals surface area contributed by atoms with Crippen LogP contribution in [0, 0.1) is 0 Å². The Kier molecular flexibility index (Phi) is 9.03. The molecule has 23 heavy (non-hydrogen) atoms. The number of carbonyl (C=O) groups excluding carboxylic acids is 2. The van der Waals surface area contributed by atoms with E-state index in [1.807, 2.05) is 30.0 Å². The lowest BCUT2D eigenvalue weighted by Crippen LogP contribution is -2.33. The zero-order valence-corrected chi connectivity index (χ0v) is 14.7. The summed E-state index contributed by atoms with van der Waals surface area (Å²) in [5.41, 5.74) is 1.34. The van der Waals surface area contributed by atoms with Gasteiger partial charge in [-0.15, -0.1) is 0 Å². The van der Waals surface area contributed by atoms with Crippen LogP contribution in [0.2, 0.25) is 0 Å². The molecular formula is C19H30N2O2. The summed E-state index contributed by atoms with van der Waals surface area (Å²) in [5.74, 6) is 0.0458. The number of hydrogen-bond acceptors (Lipinski definition) is 2. The summed E-state index contributed by atoms with van der Waals surface area (Å²) in [6.07, 6.45) is 5.49. The largest absolute Gasteiger partial charge is 0.339 e. The first-order valence-corrected chi connectivity index (χ1v) is 8.81. The molecule has 0 fully saturated rings. The van der Waals surface area contributed by atoms with Crippen molar-refractivity contribution in [3.63, 3.8) is 0 Å². The molecule has 0 bridgehead atoms. The number of nitrogens with one attached hydrogen (secondary N) is 1. The van der Waals surface area contributed by atoms with Crippen molar-refractivity contribution in [3.8, 4) is 0 Å². The molecule has 2 amide bonds. The van der Waals surface area contributed by atoms with Gasteiger partial charge in [-0.1, -0.05) is 39.7 Å². The lowest BCUT2D eigenvalue weighted by molar-refractivity contribution is -0.116. The standard InChI is InChI=1S/C19H30N2O2/c1-4-7-13-21(14-8-5-2)19(23)16-11-9-12-17(15-16)20-18(22)10-6-3/h9,11-12,15H,4-8,10,13-14H2,1-3H3,(H,20,22). The fourth-order valence-corrected chi connectivity index (χ4v) is 2.38. The predicted molar refractivity (Wildman–Crippen MR) is 95.7 cm³/mol. The van der Waals surface area contributed by atoms with Crippen LogP contribution in [0.25, 0.3) is 0 Å². The Morgan fingerprint density at radius 1 is 1.00 bits per heavy atom. The van der Waals surface area contributed by atoms with E-state index >= 15 is 0 Å². The lowest BCUT2D eigenvalue weighted by atomic mass is 10.1. The van der Waals surface area contributed by atoms with Gasteiger partial charge < -0.3 is 10.2 Å². The number of rotatable bonds is 10. The third kappa shape index (κ3) is 6.85. The molecule has 4 heteroatoms. The molecule has 0 saturated carbocycles. The second kappa shape index (κ2) is 10.8. The van der Waals surface area contributed by atoms with Crippen LogP contribution in [-0.4, -0.2) is 29.8 Å². The van der Waals surface area contributed by atoms with Gasteiger partial charge in [0, 0.05) is 30.8 Å². The normalized spacial score (nSPS) is 10.4.